The molecule has 1 saturated heterocycles. The highest BCUT2D eigenvalue weighted by Crippen LogP contribution is 2.63. The van der Waals surface area contributed by atoms with E-state index in [-0.39, 0.29) is 5.41 Å². The third-order valence-electron chi connectivity index (χ3n) is 7.20. The molecule has 37 heavy (non-hydrogen) atoms. The fourth-order valence-corrected chi connectivity index (χ4v) is 5.68. The Morgan fingerprint density at radius 3 is 2.08 bits per heavy atom. The van der Waals surface area contributed by atoms with Gasteiger partial charge < -0.3 is 25.3 Å². The molecule has 0 aromatic heterocycles. The van der Waals surface area contributed by atoms with Crippen molar-refractivity contribution >= 4 is 27.6 Å². The summed E-state index contributed by atoms with van der Waals surface area (Å²) in [7, 11) is -3.24. The third-order valence-corrected chi connectivity index (χ3v) is 7.81. The van der Waals surface area contributed by atoms with Crippen LogP contribution in [0.1, 0.15) is 24.5 Å². The molecule has 1 saturated carbocycles. The molecule has 4 atom stereocenters. The van der Waals surface area contributed by atoms with Crippen LogP contribution in [0.2, 0.25) is 0 Å². The van der Waals surface area contributed by atoms with Crippen LogP contribution in [0.15, 0.2) is 54.6 Å². The SMILES string of the molecule is CC1(c2cccc(NS(C)(=O)=O)c2)C2CN(CCCc3ccccc3)CC21.O=C(O)C(O)C(O)C(=O)O. The average molecular weight is 535 g/mol. The number of sulfonamides is 1. The van der Waals surface area contributed by atoms with Crippen LogP contribution in [-0.2, 0) is 31.4 Å². The van der Waals surface area contributed by atoms with Crippen LogP contribution >= 0.6 is 0 Å². The van der Waals surface area contributed by atoms with Crippen molar-refractivity contribution in [3.05, 3.63) is 65.7 Å². The fourth-order valence-electron chi connectivity index (χ4n) is 5.13. The van der Waals surface area contributed by atoms with Crippen molar-refractivity contribution in [3.8, 4) is 0 Å². The summed E-state index contributed by atoms with van der Waals surface area (Å²) in [6, 6.07) is 18.6. The van der Waals surface area contributed by atoms with E-state index in [1.54, 1.807) is 0 Å². The number of aryl methyl sites for hydroxylation is 1. The van der Waals surface area contributed by atoms with Gasteiger partial charge in [-0.05, 0) is 54.5 Å². The number of nitrogens with zero attached hydrogens (tertiary/aromatic N) is 1. The number of anilines is 1. The minimum Gasteiger partial charge on any atom is -0.479 e. The number of carbonyl (C=O) groups is 2. The van der Waals surface area contributed by atoms with E-state index in [2.05, 4.69) is 52.9 Å². The Morgan fingerprint density at radius 2 is 1.57 bits per heavy atom. The van der Waals surface area contributed by atoms with Gasteiger partial charge in [0.1, 0.15) is 0 Å². The summed E-state index contributed by atoms with van der Waals surface area (Å²) in [6.45, 7) is 5.80. The Hall–Kier alpha value is -2.99. The molecule has 0 bridgehead atoms. The lowest BCUT2D eigenvalue weighted by Gasteiger charge is -2.24. The maximum absolute atomic E-state index is 11.5. The maximum atomic E-state index is 11.5. The van der Waals surface area contributed by atoms with Crippen molar-refractivity contribution in [2.24, 2.45) is 11.8 Å². The Morgan fingerprint density at radius 1 is 1.00 bits per heavy atom. The standard InChI is InChI=1S/C22H28N2O2S.C4H6O6/c1-22(18-11-6-12-19(14-18)23-27(2,25)26)20-15-24(16-21(20)22)13-7-10-17-8-4-3-5-9-17;5-1(3(7)8)2(6)4(9)10/h3-6,8-9,11-12,14,20-21,23H,7,10,13,15-16H2,1-2H3;1-2,5-6H,(H,7,8)(H,9,10). The molecule has 2 aromatic rings. The van der Waals surface area contributed by atoms with Gasteiger partial charge in [-0.25, -0.2) is 18.0 Å². The lowest BCUT2D eigenvalue weighted by molar-refractivity contribution is -0.165. The quantitative estimate of drug-likeness (QED) is 0.303. The van der Waals surface area contributed by atoms with Gasteiger partial charge in [0.15, 0.2) is 12.2 Å². The summed E-state index contributed by atoms with van der Waals surface area (Å²) in [5, 5.41) is 32.5. The molecule has 4 unspecified atom stereocenters. The Kier molecular flexibility index (Phi) is 8.96. The number of carboxylic acids is 2. The molecular weight excluding hydrogens is 500 g/mol. The molecule has 11 heteroatoms. The van der Waals surface area contributed by atoms with E-state index < -0.39 is 34.2 Å². The van der Waals surface area contributed by atoms with Gasteiger partial charge in [0.25, 0.3) is 0 Å². The number of carboxylic acid groups (broad SMARTS) is 2. The number of piperidine rings is 1. The number of fused-ring (bicyclic) bond motifs is 1. The van der Waals surface area contributed by atoms with Crippen LogP contribution in [0.4, 0.5) is 5.69 Å². The molecule has 2 fully saturated rings. The number of hydrogen-bond acceptors (Lipinski definition) is 7. The van der Waals surface area contributed by atoms with E-state index in [0.717, 1.165) is 26.1 Å². The summed E-state index contributed by atoms with van der Waals surface area (Å²) >= 11 is 0. The van der Waals surface area contributed by atoms with E-state index in [1.807, 2.05) is 18.2 Å². The van der Waals surface area contributed by atoms with Gasteiger partial charge in [-0.15, -0.1) is 0 Å². The first-order chi connectivity index (χ1) is 17.3. The molecule has 2 aliphatic rings. The molecule has 4 rings (SSSR count). The van der Waals surface area contributed by atoms with Crippen LogP contribution in [0.5, 0.6) is 0 Å². The summed E-state index contributed by atoms with van der Waals surface area (Å²) in [6.07, 6.45) is -0.993. The summed E-state index contributed by atoms with van der Waals surface area (Å²) in [5.74, 6) is -2.17. The number of aliphatic hydroxyl groups excluding tert-OH is 2. The molecule has 0 amide bonds. The second kappa shape index (κ2) is 11.6. The Balaban J connectivity index is 0.000000325. The lowest BCUT2D eigenvalue weighted by Crippen LogP contribution is -2.39. The first kappa shape index (κ1) is 28.6. The van der Waals surface area contributed by atoms with E-state index in [0.29, 0.717) is 17.5 Å². The molecule has 0 radical (unpaired) electrons. The number of hydrogen-bond donors (Lipinski definition) is 5. The number of aliphatic hydroxyl groups is 2. The zero-order valence-electron chi connectivity index (χ0n) is 20.8. The van der Waals surface area contributed by atoms with Crippen LogP contribution in [0.25, 0.3) is 0 Å². The predicted molar refractivity (Wildman–Crippen MR) is 138 cm³/mol. The minimum absolute atomic E-state index is 0.186. The zero-order valence-corrected chi connectivity index (χ0v) is 21.6. The van der Waals surface area contributed by atoms with Crippen molar-refractivity contribution in [2.75, 3.05) is 30.6 Å². The minimum atomic E-state index is -3.24. The van der Waals surface area contributed by atoms with Crippen molar-refractivity contribution in [1.82, 2.24) is 4.90 Å². The van der Waals surface area contributed by atoms with Gasteiger partial charge in [0.2, 0.25) is 10.0 Å². The largest absolute Gasteiger partial charge is 0.479 e. The van der Waals surface area contributed by atoms with Gasteiger partial charge in [-0.1, -0.05) is 49.4 Å². The number of rotatable bonds is 10. The van der Waals surface area contributed by atoms with Gasteiger partial charge in [0, 0.05) is 24.2 Å². The predicted octanol–water partition coefficient (Wildman–Crippen LogP) is 1.39. The van der Waals surface area contributed by atoms with Crippen molar-refractivity contribution in [3.63, 3.8) is 0 Å². The number of benzene rings is 2. The second-order valence-corrected chi connectivity index (χ2v) is 11.6. The van der Waals surface area contributed by atoms with Crippen LogP contribution < -0.4 is 4.72 Å². The number of aliphatic carboxylic acids is 2. The van der Waals surface area contributed by atoms with Gasteiger partial charge >= 0.3 is 11.9 Å². The first-order valence-electron chi connectivity index (χ1n) is 12.0. The zero-order chi connectivity index (χ0) is 27.4. The first-order valence-corrected chi connectivity index (χ1v) is 13.9. The molecule has 1 heterocycles. The van der Waals surface area contributed by atoms with Crippen molar-refractivity contribution in [1.29, 1.82) is 0 Å². The monoisotopic (exact) mass is 534 g/mol. The summed E-state index contributed by atoms with van der Waals surface area (Å²) in [4.78, 5) is 22.1. The van der Waals surface area contributed by atoms with Crippen LogP contribution in [0, 0.1) is 11.8 Å². The second-order valence-electron chi connectivity index (χ2n) is 9.87. The topological polar surface area (TPSA) is 164 Å². The summed E-state index contributed by atoms with van der Waals surface area (Å²) in [5.41, 5.74) is 3.53. The fraction of sp³-hybridized carbons (Fsp3) is 0.462. The Labute approximate surface area is 216 Å². The highest BCUT2D eigenvalue weighted by Gasteiger charge is 2.65. The van der Waals surface area contributed by atoms with Gasteiger partial charge in [0.05, 0.1) is 6.26 Å². The normalized spacial score (nSPS) is 24.2. The number of nitrogens with one attached hydrogen (secondary N) is 1. The van der Waals surface area contributed by atoms with E-state index in [1.165, 1.54) is 23.8 Å². The summed E-state index contributed by atoms with van der Waals surface area (Å²) < 4.78 is 25.6. The molecule has 2 aromatic carbocycles. The highest BCUT2D eigenvalue weighted by molar-refractivity contribution is 7.92. The third kappa shape index (κ3) is 7.29. The number of likely N-dealkylation sites (tertiary alicyclic amines) is 1. The molecule has 1 aliphatic carbocycles. The van der Waals surface area contributed by atoms with Gasteiger partial charge in [-0.3, -0.25) is 4.72 Å². The van der Waals surface area contributed by atoms with Gasteiger partial charge in [-0.2, -0.15) is 0 Å². The van der Waals surface area contributed by atoms with Crippen molar-refractivity contribution < 1.29 is 38.4 Å². The smallest absolute Gasteiger partial charge is 0.335 e. The molecule has 202 valence electrons. The molecule has 10 nitrogen and oxygen atoms in total. The lowest BCUT2D eigenvalue weighted by atomic mass is 9.92. The van der Waals surface area contributed by atoms with Crippen molar-refractivity contribution in [2.45, 2.75) is 37.4 Å². The molecule has 0 spiro atoms. The Bertz CT molecular complexity index is 1170. The molecule has 1 aliphatic heterocycles. The van der Waals surface area contributed by atoms with Crippen LogP contribution in [0.3, 0.4) is 0 Å². The molecule has 5 N–H and O–H groups in total. The average Bonchev–Trinajstić information content (AvgIpc) is 3.16. The van der Waals surface area contributed by atoms with Crippen LogP contribution in [-0.4, -0.2) is 83.8 Å². The maximum Gasteiger partial charge on any atom is 0.335 e. The van der Waals surface area contributed by atoms with E-state index >= 15 is 0 Å². The molecular formula is C26H34N2O8S. The highest BCUT2D eigenvalue weighted by atomic mass is 32.2. The van der Waals surface area contributed by atoms with E-state index in [4.69, 9.17) is 20.4 Å². The van der Waals surface area contributed by atoms with E-state index in [9.17, 15) is 18.0 Å².